The van der Waals surface area contributed by atoms with Crippen LogP contribution in [0.3, 0.4) is 0 Å². The molecule has 2 aliphatic heterocycles. The topological polar surface area (TPSA) is 164 Å². The van der Waals surface area contributed by atoms with Gasteiger partial charge >= 0.3 is 22.2 Å². The molecule has 0 fully saturated rings. The van der Waals surface area contributed by atoms with Gasteiger partial charge in [-0.25, -0.2) is 0 Å². The number of fused-ring (bicyclic) bond motifs is 6. The van der Waals surface area contributed by atoms with E-state index < -0.39 is 22.2 Å². The minimum absolute atomic E-state index is 0.0180. The maximum Gasteiger partial charge on any atom is 0.314 e. The largest absolute Gasteiger partial charge is 0.338 e. The van der Waals surface area contributed by atoms with E-state index in [1.165, 1.54) is 5.56 Å². The number of aromatic amines is 4. The fourth-order valence-corrected chi connectivity index (χ4v) is 6.27. The molecule has 0 bridgehead atoms. The van der Waals surface area contributed by atoms with E-state index in [1.807, 2.05) is 38.1 Å². The van der Waals surface area contributed by atoms with Crippen molar-refractivity contribution in [3.63, 3.8) is 0 Å². The van der Waals surface area contributed by atoms with Gasteiger partial charge in [-0.15, -0.1) is 0 Å². The second kappa shape index (κ2) is 11.7. The van der Waals surface area contributed by atoms with Crippen molar-refractivity contribution < 1.29 is 4.79 Å². The summed E-state index contributed by atoms with van der Waals surface area (Å²) >= 11 is 5.90. The molecule has 11 nitrogen and oxygen atoms in total. The molecule has 12 heteroatoms. The van der Waals surface area contributed by atoms with E-state index >= 15 is 0 Å². The van der Waals surface area contributed by atoms with Crippen molar-refractivity contribution in [1.82, 2.24) is 30.2 Å². The van der Waals surface area contributed by atoms with E-state index in [2.05, 4.69) is 25.3 Å². The number of benzene rings is 3. The van der Waals surface area contributed by atoms with Gasteiger partial charge in [0.2, 0.25) is 5.91 Å². The Labute approximate surface area is 255 Å². The number of H-pyrrole nitrogens is 4. The van der Waals surface area contributed by atoms with Crippen LogP contribution in [0.1, 0.15) is 38.9 Å². The number of hydrogen-bond donors (Lipinski definition) is 5. The van der Waals surface area contributed by atoms with Gasteiger partial charge in [-0.2, -0.15) is 0 Å². The van der Waals surface area contributed by atoms with Crippen molar-refractivity contribution >= 4 is 39.6 Å². The minimum Gasteiger partial charge on any atom is -0.338 e. The van der Waals surface area contributed by atoms with Crippen LogP contribution in [0, 0.1) is 13.8 Å². The van der Waals surface area contributed by atoms with Crippen molar-refractivity contribution in [1.29, 1.82) is 0 Å². The predicted octanol–water partition coefficient (Wildman–Crippen LogP) is 2.48. The fourth-order valence-electron chi connectivity index (χ4n) is 6.15. The lowest BCUT2D eigenvalue weighted by molar-refractivity contribution is -0.131. The molecular formula is C32H31ClN6O5. The number of rotatable bonds is 2. The van der Waals surface area contributed by atoms with Crippen molar-refractivity contribution in [2.24, 2.45) is 0 Å². The molecule has 0 spiro atoms. The summed E-state index contributed by atoms with van der Waals surface area (Å²) in [6.45, 7) is 6.73. The van der Waals surface area contributed by atoms with E-state index in [0.29, 0.717) is 47.5 Å². The third-order valence-electron chi connectivity index (χ3n) is 8.39. The second-order valence-electron chi connectivity index (χ2n) is 11.3. The summed E-state index contributed by atoms with van der Waals surface area (Å²) in [5.74, 6) is 0.0180. The summed E-state index contributed by atoms with van der Waals surface area (Å²) in [4.78, 5) is 71.3. The highest BCUT2D eigenvalue weighted by molar-refractivity contribution is 6.30. The summed E-state index contributed by atoms with van der Waals surface area (Å²) in [6.07, 6.45) is 1.96. The van der Waals surface area contributed by atoms with Gasteiger partial charge in [-0.05, 0) is 90.9 Å². The average molecular weight is 615 g/mol. The SMILES string of the molecule is Cc1cc2[nH]c(=O)c(=O)[nH]c2c2c1CCN(C(=O)Cc1ccc(Cl)cc1)C2.Cc1cc2[nH]c(=O)c(=O)[nH]c2c2c1CCNC2. The molecule has 2 aromatic heterocycles. The molecule has 0 saturated heterocycles. The van der Waals surface area contributed by atoms with E-state index in [-0.39, 0.29) is 5.91 Å². The summed E-state index contributed by atoms with van der Waals surface area (Å²) in [5, 5.41) is 3.92. The van der Waals surface area contributed by atoms with E-state index in [9.17, 15) is 24.0 Å². The predicted molar refractivity (Wildman–Crippen MR) is 170 cm³/mol. The lowest BCUT2D eigenvalue weighted by atomic mass is 9.93. The van der Waals surface area contributed by atoms with Crippen LogP contribution in [0.2, 0.25) is 5.02 Å². The van der Waals surface area contributed by atoms with Gasteiger partial charge < -0.3 is 30.2 Å². The van der Waals surface area contributed by atoms with E-state index in [0.717, 1.165) is 58.4 Å². The highest BCUT2D eigenvalue weighted by atomic mass is 35.5. The van der Waals surface area contributed by atoms with Crippen LogP contribution in [-0.2, 0) is 37.1 Å². The van der Waals surface area contributed by atoms with Gasteiger partial charge in [0.1, 0.15) is 0 Å². The molecule has 0 atom stereocenters. The molecule has 0 aliphatic carbocycles. The molecule has 5 N–H and O–H groups in total. The number of carbonyl (C=O) groups excluding carboxylic acids is 1. The number of nitrogens with zero attached hydrogens (tertiary/aromatic N) is 1. The van der Waals surface area contributed by atoms with Gasteiger partial charge in [0.25, 0.3) is 0 Å². The first-order valence-electron chi connectivity index (χ1n) is 14.4. The molecule has 0 saturated carbocycles. The van der Waals surface area contributed by atoms with Gasteiger partial charge in [0.15, 0.2) is 0 Å². The molecule has 5 aromatic rings. The zero-order chi connectivity index (χ0) is 31.1. The van der Waals surface area contributed by atoms with Crippen LogP contribution in [-0.4, -0.2) is 43.8 Å². The molecule has 1 amide bonds. The number of nitrogens with one attached hydrogen (secondary N) is 5. The van der Waals surface area contributed by atoms with Crippen molar-refractivity contribution in [3.05, 3.63) is 122 Å². The number of aromatic nitrogens is 4. The van der Waals surface area contributed by atoms with Crippen LogP contribution in [0.15, 0.2) is 55.6 Å². The van der Waals surface area contributed by atoms with Crippen LogP contribution in [0.4, 0.5) is 0 Å². The normalized spacial score (nSPS) is 14.1. The fraction of sp³-hybridized carbons (Fsp3) is 0.281. The molecule has 44 heavy (non-hydrogen) atoms. The summed E-state index contributed by atoms with van der Waals surface area (Å²) in [6, 6.07) is 11.0. The lowest BCUT2D eigenvalue weighted by Gasteiger charge is -2.30. The number of halogens is 1. The molecule has 4 heterocycles. The van der Waals surface area contributed by atoms with Crippen LogP contribution >= 0.6 is 11.6 Å². The highest BCUT2D eigenvalue weighted by Gasteiger charge is 2.25. The zero-order valence-electron chi connectivity index (χ0n) is 24.3. The summed E-state index contributed by atoms with van der Waals surface area (Å²) in [7, 11) is 0. The molecule has 7 rings (SSSR count). The maximum atomic E-state index is 12.8. The Morgan fingerprint density at radius 2 is 1.30 bits per heavy atom. The second-order valence-corrected chi connectivity index (χ2v) is 11.7. The number of hydrogen-bond acceptors (Lipinski definition) is 6. The van der Waals surface area contributed by atoms with Crippen molar-refractivity contribution in [3.8, 4) is 0 Å². The third-order valence-corrected chi connectivity index (χ3v) is 8.64. The molecule has 2 aliphatic rings. The first kappa shape index (κ1) is 29.3. The maximum absolute atomic E-state index is 12.8. The van der Waals surface area contributed by atoms with E-state index in [1.54, 1.807) is 17.0 Å². The smallest absolute Gasteiger partial charge is 0.314 e. The lowest BCUT2D eigenvalue weighted by Crippen LogP contribution is -2.38. The zero-order valence-corrected chi connectivity index (χ0v) is 25.0. The molecule has 3 aromatic carbocycles. The van der Waals surface area contributed by atoms with Crippen LogP contribution in [0.25, 0.3) is 22.1 Å². The minimum atomic E-state index is -0.682. The first-order valence-corrected chi connectivity index (χ1v) is 14.7. The summed E-state index contributed by atoms with van der Waals surface area (Å²) < 4.78 is 0. The molecular weight excluding hydrogens is 584 g/mol. The number of amides is 1. The van der Waals surface area contributed by atoms with Gasteiger partial charge in [-0.3, -0.25) is 24.0 Å². The molecule has 0 unspecified atom stereocenters. The Balaban J connectivity index is 0.000000173. The number of carbonyl (C=O) groups is 1. The van der Waals surface area contributed by atoms with E-state index in [4.69, 9.17) is 11.6 Å². The first-order chi connectivity index (χ1) is 21.1. The van der Waals surface area contributed by atoms with Gasteiger partial charge in [0.05, 0.1) is 28.5 Å². The van der Waals surface area contributed by atoms with Crippen LogP contribution in [0.5, 0.6) is 0 Å². The standard InChI is InChI=1S/C20H18ClN3O3.C12H13N3O2/c1-11-8-16-18(23-20(27)19(26)22-16)15-10-24(7-6-14(11)15)17(25)9-12-2-4-13(21)5-3-12;1-6-4-9-10(15-12(17)11(16)14-9)8-5-13-3-2-7(6)8/h2-5,8H,6-7,9-10H2,1H3,(H,22,26)(H,23,27);4,13H,2-3,5H2,1H3,(H,14,16)(H,15,17). The molecule has 226 valence electrons. The quantitative estimate of drug-likeness (QED) is 0.192. The molecule has 0 radical (unpaired) electrons. The number of aryl methyl sites for hydroxylation is 2. The van der Waals surface area contributed by atoms with Crippen molar-refractivity contribution in [2.75, 3.05) is 13.1 Å². The summed E-state index contributed by atoms with van der Waals surface area (Å²) in [5.41, 5.74) is 7.61. The Hall–Kier alpha value is -4.74. The van der Waals surface area contributed by atoms with Gasteiger partial charge in [0, 0.05) is 30.2 Å². The Morgan fingerprint density at radius 1 is 0.750 bits per heavy atom. The Kier molecular flexibility index (Phi) is 7.83. The van der Waals surface area contributed by atoms with Crippen molar-refractivity contribution in [2.45, 2.75) is 46.2 Å². The Morgan fingerprint density at radius 3 is 1.91 bits per heavy atom. The highest BCUT2D eigenvalue weighted by Crippen LogP contribution is 2.28. The Bertz CT molecular complexity index is 2180. The monoisotopic (exact) mass is 614 g/mol. The van der Waals surface area contributed by atoms with Gasteiger partial charge in [-0.1, -0.05) is 23.7 Å². The van der Waals surface area contributed by atoms with Crippen LogP contribution < -0.4 is 27.6 Å². The average Bonchev–Trinajstić information content (AvgIpc) is 3.01. The third kappa shape index (κ3) is 5.63.